The lowest BCUT2D eigenvalue weighted by molar-refractivity contribution is -0.0898. The van der Waals surface area contributed by atoms with Crippen LogP contribution in [0.2, 0.25) is 0 Å². The lowest BCUT2D eigenvalue weighted by atomic mass is 9.94. The van der Waals surface area contributed by atoms with Crippen molar-refractivity contribution in [3.8, 4) is 0 Å². The minimum absolute atomic E-state index is 0.0995. The van der Waals surface area contributed by atoms with Gasteiger partial charge in [-0.05, 0) is 27.7 Å². The van der Waals surface area contributed by atoms with Gasteiger partial charge in [0.2, 0.25) is 0 Å². The third kappa shape index (κ3) is 2.34. The summed E-state index contributed by atoms with van der Waals surface area (Å²) in [6, 6.07) is 0.861. The molecule has 18 heavy (non-hydrogen) atoms. The Bertz CT molecular complexity index is 324. The average Bonchev–Trinajstić information content (AvgIpc) is 2.69. The van der Waals surface area contributed by atoms with Gasteiger partial charge in [-0.25, -0.2) is 4.79 Å². The van der Waals surface area contributed by atoms with Gasteiger partial charge in [-0.15, -0.1) is 0 Å². The molecule has 5 heteroatoms. The Labute approximate surface area is 110 Å². The molecule has 1 spiro atoms. The summed E-state index contributed by atoms with van der Waals surface area (Å²) in [5.74, 6) is 0. The van der Waals surface area contributed by atoms with Crippen molar-refractivity contribution in [1.82, 2.24) is 14.7 Å². The molecular weight excluding hydrogens is 230 g/mol. The molecule has 0 unspecified atom stereocenters. The Balaban J connectivity index is 1.86. The second kappa shape index (κ2) is 4.70. The van der Waals surface area contributed by atoms with E-state index in [4.69, 9.17) is 4.74 Å². The second-order valence-electron chi connectivity index (χ2n) is 6.14. The van der Waals surface area contributed by atoms with Gasteiger partial charge < -0.3 is 14.5 Å². The zero-order chi connectivity index (χ0) is 13.5. The van der Waals surface area contributed by atoms with Crippen molar-refractivity contribution in [2.45, 2.75) is 45.4 Å². The molecule has 104 valence electrons. The van der Waals surface area contributed by atoms with Gasteiger partial charge in [0.15, 0.2) is 0 Å². The summed E-state index contributed by atoms with van der Waals surface area (Å²) in [5.41, 5.74) is -0.0995. The molecule has 0 aliphatic carbocycles. The average molecular weight is 255 g/mol. The Kier molecular flexibility index (Phi) is 3.56. The molecule has 0 saturated carbocycles. The number of hydrogen-bond acceptors (Lipinski definition) is 3. The van der Waals surface area contributed by atoms with Gasteiger partial charge in [-0.2, -0.15) is 0 Å². The fraction of sp³-hybridized carbons (Fsp3) is 0.923. The first-order valence-corrected chi connectivity index (χ1v) is 6.74. The van der Waals surface area contributed by atoms with Crippen LogP contribution in [0, 0.1) is 0 Å². The fourth-order valence-electron chi connectivity index (χ4n) is 2.43. The van der Waals surface area contributed by atoms with E-state index in [9.17, 15) is 4.79 Å². The molecule has 2 saturated heterocycles. The molecule has 0 radical (unpaired) electrons. The van der Waals surface area contributed by atoms with Crippen molar-refractivity contribution in [3.63, 3.8) is 0 Å². The standard InChI is InChI=1S/C13H25N3O2/c1-10(2)14(5)12(17)15-6-13(7-15)8-16(9-18-13)11(3)4/h10-11H,6-9H2,1-5H3. The molecule has 0 aromatic rings. The van der Waals surface area contributed by atoms with Crippen LogP contribution in [0.1, 0.15) is 27.7 Å². The first kappa shape index (κ1) is 13.6. The van der Waals surface area contributed by atoms with Crippen molar-refractivity contribution in [2.75, 3.05) is 33.4 Å². The largest absolute Gasteiger partial charge is 0.355 e. The number of rotatable bonds is 2. The molecule has 2 aliphatic heterocycles. The van der Waals surface area contributed by atoms with E-state index >= 15 is 0 Å². The van der Waals surface area contributed by atoms with Crippen LogP contribution in [0.3, 0.4) is 0 Å². The van der Waals surface area contributed by atoms with Crippen LogP contribution in [-0.2, 0) is 4.74 Å². The van der Waals surface area contributed by atoms with Crippen LogP contribution < -0.4 is 0 Å². The molecule has 2 heterocycles. The number of urea groups is 1. The first-order chi connectivity index (χ1) is 8.34. The SMILES string of the molecule is CC(C)N1COC2(CN(C(=O)N(C)C(C)C)C2)C1. The summed E-state index contributed by atoms with van der Waals surface area (Å²) in [6.45, 7) is 11.5. The molecule has 2 fully saturated rings. The van der Waals surface area contributed by atoms with E-state index in [2.05, 4.69) is 18.7 Å². The van der Waals surface area contributed by atoms with Gasteiger partial charge in [0.05, 0.1) is 13.1 Å². The molecule has 2 rings (SSSR count). The number of carbonyl (C=O) groups is 1. The lowest BCUT2D eigenvalue weighted by Crippen LogP contribution is -2.67. The van der Waals surface area contributed by atoms with E-state index in [1.807, 2.05) is 25.8 Å². The van der Waals surface area contributed by atoms with E-state index in [1.165, 1.54) is 0 Å². The van der Waals surface area contributed by atoms with Gasteiger partial charge in [-0.1, -0.05) is 0 Å². The highest BCUT2D eigenvalue weighted by Gasteiger charge is 2.51. The second-order valence-corrected chi connectivity index (χ2v) is 6.14. The summed E-state index contributed by atoms with van der Waals surface area (Å²) < 4.78 is 5.88. The van der Waals surface area contributed by atoms with Crippen LogP contribution in [0.25, 0.3) is 0 Å². The van der Waals surface area contributed by atoms with E-state index in [1.54, 1.807) is 4.90 Å². The van der Waals surface area contributed by atoms with Gasteiger partial charge in [-0.3, -0.25) is 4.90 Å². The summed E-state index contributed by atoms with van der Waals surface area (Å²) >= 11 is 0. The molecule has 2 aliphatic rings. The van der Waals surface area contributed by atoms with Crippen molar-refractivity contribution in [3.05, 3.63) is 0 Å². The molecule has 0 aromatic heterocycles. The lowest BCUT2D eigenvalue weighted by Gasteiger charge is -2.48. The van der Waals surface area contributed by atoms with Crippen molar-refractivity contribution in [1.29, 1.82) is 0 Å². The third-order valence-electron chi connectivity index (χ3n) is 4.06. The summed E-state index contributed by atoms with van der Waals surface area (Å²) in [7, 11) is 1.86. The normalized spacial score (nSPS) is 22.9. The topological polar surface area (TPSA) is 36.0 Å². The Morgan fingerprint density at radius 1 is 1.22 bits per heavy atom. The zero-order valence-electron chi connectivity index (χ0n) is 12.1. The molecule has 0 atom stereocenters. The van der Waals surface area contributed by atoms with Gasteiger partial charge in [0.1, 0.15) is 12.3 Å². The predicted octanol–water partition coefficient (Wildman–Crippen LogP) is 1.20. The van der Waals surface area contributed by atoms with Crippen LogP contribution in [-0.4, -0.2) is 71.8 Å². The van der Waals surface area contributed by atoms with E-state index in [-0.39, 0.29) is 17.7 Å². The maximum Gasteiger partial charge on any atom is 0.320 e. The maximum atomic E-state index is 12.1. The molecular formula is C13H25N3O2. The molecule has 0 N–H and O–H groups in total. The zero-order valence-corrected chi connectivity index (χ0v) is 12.1. The maximum absolute atomic E-state index is 12.1. The number of likely N-dealkylation sites (tertiary alicyclic amines) is 1. The van der Waals surface area contributed by atoms with E-state index < -0.39 is 0 Å². The highest BCUT2D eigenvalue weighted by Crippen LogP contribution is 2.32. The minimum atomic E-state index is -0.0995. The van der Waals surface area contributed by atoms with E-state index in [0.29, 0.717) is 12.8 Å². The number of carbonyl (C=O) groups excluding carboxylic acids is 1. The number of amides is 2. The van der Waals surface area contributed by atoms with Crippen molar-refractivity contribution in [2.24, 2.45) is 0 Å². The third-order valence-corrected chi connectivity index (χ3v) is 4.06. The Hall–Kier alpha value is -0.810. The van der Waals surface area contributed by atoms with Gasteiger partial charge in [0.25, 0.3) is 0 Å². The van der Waals surface area contributed by atoms with Crippen LogP contribution in [0.15, 0.2) is 0 Å². The van der Waals surface area contributed by atoms with Crippen LogP contribution in [0.4, 0.5) is 4.79 Å². The highest BCUT2D eigenvalue weighted by atomic mass is 16.5. The van der Waals surface area contributed by atoms with Crippen molar-refractivity contribution >= 4 is 6.03 Å². The summed E-state index contributed by atoms with van der Waals surface area (Å²) in [5, 5.41) is 0. The van der Waals surface area contributed by atoms with Crippen molar-refractivity contribution < 1.29 is 9.53 Å². The monoisotopic (exact) mass is 255 g/mol. The molecule has 0 bridgehead atoms. The Morgan fingerprint density at radius 3 is 2.28 bits per heavy atom. The smallest absolute Gasteiger partial charge is 0.320 e. The van der Waals surface area contributed by atoms with Gasteiger partial charge >= 0.3 is 6.03 Å². The number of ether oxygens (including phenoxy) is 1. The minimum Gasteiger partial charge on any atom is -0.355 e. The molecule has 2 amide bonds. The number of hydrogen-bond donors (Lipinski definition) is 0. The van der Waals surface area contributed by atoms with E-state index in [0.717, 1.165) is 19.6 Å². The Morgan fingerprint density at radius 2 is 1.83 bits per heavy atom. The summed E-state index contributed by atoms with van der Waals surface area (Å²) in [6.07, 6.45) is 0. The first-order valence-electron chi connectivity index (χ1n) is 6.74. The molecule has 0 aromatic carbocycles. The van der Waals surface area contributed by atoms with Crippen LogP contribution >= 0.6 is 0 Å². The van der Waals surface area contributed by atoms with Gasteiger partial charge in [0, 0.05) is 25.7 Å². The molecule has 5 nitrogen and oxygen atoms in total. The van der Waals surface area contributed by atoms with Crippen LogP contribution in [0.5, 0.6) is 0 Å². The summed E-state index contributed by atoms with van der Waals surface area (Å²) in [4.78, 5) is 18.1. The highest BCUT2D eigenvalue weighted by molar-refractivity contribution is 5.75. The predicted molar refractivity (Wildman–Crippen MR) is 70.4 cm³/mol. The fourth-order valence-corrected chi connectivity index (χ4v) is 2.43. The number of nitrogens with zero attached hydrogens (tertiary/aromatic N) is 3. The quantitative estimate of drug-likeness (QED) is 0.744.